The summed E-state index contributed by atoms with van der Waals surface area (Å²) >= 11 is 0. The van der Waals surface area contributed by atoms with Crippen molar-refractivity contribution in [1.82, 2.24) is 14.9 Å². The Bertz CT molecular complexity index is 682. The van der Waals surface area contributed by atoms with E-state index in [9.17, 15) is 13.2 Å². The van der Waals surface area contributed by atoms with Gasteiger partial charge in [-0.3, -0.25) is 0 Å². The van der Waals surface area contributed by atoms with E-state index in [1.54, 1.807) is 6.07 Å². The van der Waals surface area contributed by atoms with E-state index in [0.29, 0.717) is 17.6 Å². The molecule has 0 saturated carbocycles. The summed E-state index contributed by atoms with van der Waals surface area (Å²) in [5.41, 5.74) is 2.98. The molecular formula is C16H20F3N3. The molecule has 0 aliphatic carbocycles. The fraction of sp³-hybridized carbons (Fsp3) is 0.562. The number of aromatic nitrogens is 2. The number of benzene rings is 1. The maximum atomic E-state index is 13.3. The first-order valence-corrected chi connectivity index (χ1v) is 7.61. The highest BCUT2D eigenvalue weighted by Crippen LogP contribution is 2.33. The molecule has 2 heterocycles. The second kappa shape index (κ2) is 5.57. The van der Waals surface area contributed by atoms with Gasteiger partial charge in [-0.2, -0.15) is 13.2 Å². The molecule has 0 bridgehead atoms. The Balaban J connectivity index is 2.09. The van der Waals surface area contributed by atoms with Crippen molar-refractivity contribution in [3.8, 4) is 0 Å². The lowest BCUT2D eigenvalue weighted by atomic mass is 9.98. The van der Waals surface area contributed by atoms with Crippen LogP contribution in [0.2, 0.25) is 0 Å². The van der Waals surface area contributed by atoms with Crippen LogP contribution in [0.5, 0.6) is 0 Å². The van der Waals surface area contributed by atoms with Gasteiger partial charge in [0.15, 0.2) is 0 Å². The van der Waals surface area contributed by atoms with Crippen LogP contribution in [-0.4, -0.2) is 22.6 Å². The van der Waals surface area contributed by atoms with Crippen LogP contribution in [0.1, 0.15) is 29.8 Å². The molecule has 0 spiro atoms. The molecule has 0 atom stereocenters. The van der Waals surface area contributed by atoms with Crippen LogP contribution < -0.4 is 5.32 Å². The van der Waals surface area contributed by atoms with Crippen molar-refractivity contribution >= 4 is 11.0 Å². The first-order chi connectivity index (χ1) is 10.4. The van der Waals surface area contributed by atoms with E-state index < -0.39 is 12.0 Å². The molecule has 120 valence electrons. The molecule has 0 unspecified atom stereocenters. The summed E-state index contributed by atoms with van der Waals surface area (Å²) in [5, 5.41) is 3.25. The minimum Gasteiger partial charge on any atom is -0.320 e. The predicted molar refractivity (Wildman–Crippen MR) is 79.8 cm³/mol. The van der Waals surface area contributed by atoms with Gasteiger partial charge in [0.2, 0.25) is 5.82 Å². The lowest BCUT2D eigenvalue weighted by Crippen LogP contribution is -2.30. The van der Waals surface area contributed by atoms with E-state index in [1.165, 1.54) is 4.57 Å². The number of fused-ring (bicyclic) bond motifs is 1. The van der Waals surface area contributed by atoms with Gasteiger partial charge in [-0.05, 0) is 69.0 Å². The summed E-state index contributed by atoms with van der Waals surface area (Å²) in [6, 6.07) is 3.58. The Morgan fingerprint density at radius 3 is 2.45 bits per heavy atom. The number of hydrogen-bond donors (Lipinski definition) is 1. The third-order valence-corrected chi connectivity index (χ3v) is 4.52. The van der Waals surface area contributed by atoms with Crippen molar-refractivity contribution in [2.24, 2.45) is 5.92 Å². The van der Waals surface area contributed by atoms with Crippen LogP contribution in [0.4, 0.5) is 13.2 Å². The first-order valence-electron chi connectivity index (χ1n) is 7.61. The maximum Gasteiger partial charge on any atom is 0.449 e. The van der Waals surface area contributed by atoms with Crippen LogP contribution in [0.25, 0.3) is 11.0 Å². The quantitative estimate of drug-likeness (QED) is 0.917. The highest BCUT2D eigenvalue weighted by atomic mass is 19.4. The van der Waals surface area contributed by atoms with Gasteiger partial charge < -0.3 is 9.88 Å². The van der Waals surface area contributed by atoms with Crippen molar-refractivity contribution in [2.75, 3.05) is 13.1 Å². The van der Waals surface area contributed by atoms with Crippen molar-refractivity contribution in [3.63, 3.8) is 0 Å². The van der Waals surface area contributed by atoms with Crippen molar-refractivity contribution < 1.29 is 13.2 Å². The average Bonchev–Trinajstić information content (AvgIpc) is 2.79. The van der Waals surface area contributed by atoms with Gasteiger partial charge in [0.25, 0.3) is 0 Å². The summed E-state index contributed by atoms with van der Waals surface area (Å²) in [5.74, 6) is -0.507. The summed E-state index contributed by atoms with van der Waals surface area (Å²) in [6.07, 6.45) is -2.61. The first kappa shape index (κ1) is 15.3. The Morgan fingerprint density at radius 2 is 1.82 bits per heavy atom. The van der Waals surface area contributed by atoms with E-state index in [2.05, 4.69) is 10.3 Å². The molecule has 3 nitrogen and oxygen atoms in total. The van der Waals surface area contributed by atoms with Gasteiger partial charge in [0.05, 0.1) is 11.0 Å². The number of nitrogens with zero attached hydrogens (tertiary/aromatic N) is 2. The molecule has 22 heavy (non-hydrogen) atoms. The number of aryl methyl sites for hydroxylation is 2. The smallest absolute Gasteiger partial charge is 0.320 e. The monoisotopic (exact) mass is 311 g/mol. The zero-order valence-electron chi connectivity index (χ0n) is 12.8. The molecule has 1 fully saturated rings. The average molecular weight is 311 g/mol. The molecule has 2 aromatic rings. The molecular weight excluding hydrogens is 291 g/mol. The lowest BCUT2D eigenvalue weighted by Gasteiger charge is -2.24. The molecule has 1 aliphatic heterocycles. The highest BCUT2D eigenvalue weighted by Gasteiger charge is 2.38. The van der Waals surface area contributed by atoms with Gasteiger partial charge in [0, 0.05) is 6.54 Å². The summed E-state index contributed by atoms with van der Waals surface area (Å²) < 4.78 is 41.4. The maximum absolute atomic E-state index is 13.3. The van der Waals surface area contributed by atoms with Gasteiger partial charge >= 0.3 is 6.18 Å². The van der Waals surface area contributed by atoms with E-state index in [4.69, 9.17) is 0 Å². The summed E-state index contributed by atoms with van der Waals surface area (Å²) in [6.45, 7) is 5.95. The fourth-order valence-corrected chi connectivity index (χ4v) is 3.10. The number of halogens is 3. The number of hydrogen-bond acceptors (Lipinski definition) is 2. The second-order valence-electron chi connectivity index (χ2n) is 6.16. The van der Waals surface area contributed by atoms with Gasteiger partial charge in [0.1, 0.15) is 0 Å². The minimum atomic E-state index is -4.42. The molecule has 0 amide bonds. The van der Waals surface area contributed by atoms with Gasteiger partial charge in [-0.1, -0.05) is 0 Å². The van der Waals surface area contributed by atoms with Crippen LogP contribution in [0.3, 0.4) is 0 Å². The largest absolute Gasteiger partial charge is 0.449 e. The number of piperidine rings is 1. The number of imidazole rings is 1. The van der Waals surface area contributed by atoms with Crippen molar-refractivity contribution in [2.45, 2.75) is 39.4 Å². The topological polar surface area (TPSA) is 29.9 Å². The molecule has 1 saturated heterocycles. The zero-order valence-corrected chi connectivity index (χ0v) is 12.8. The van der Waals surface area contributed by atoms with E-state index in [-0.39, 0.29) is 5.92 Å². The van der Waals surface area contributed by atoms with Crippen LogP contribution >= 0.6 is 0 Å². The van der Waals surface area contributed by atoms with Crippen LogP contribution in [0.15, 0.2) is 12.1 Å². The highest BCUT2D eigenvalue weighted by molar-refractivity contribution is 5.78. The fourth-order valence-electron chi connectivity index (χ4n) is 3.10. The van der Waals surface area contributed by atoms with Crippen LogP contribution in [0, 0.1) is 19.8 Å². The Kier molecular flexibility index (Phi) is 3.89. The third kappa shape index (κ3) is 2.84. The Labute approximate surface area is 127 Å². The Hall–Kier alpha value is -1.56. The van der Waals surface area contributed by atoms with E-state index in [1.807, 2.05) is 19.9 Å². The van der Waals surface area contributed by atoms with Gasteiger partial charge in [-0.15, -0.1) is 0 Å². The van der Waals surface area contributed by atoms with Gasteiger partial charge in [-0.25, -0.2) is 4.98 Å². The third-order valence-electron chi connectivity index (χ3n) is 4.52. The van der Waals surface area contributed by atoms with Crippen molar-refractivity contribution in [1.29, 1.82) is 0 Å². The molecule has 1 N–H and O–H groups in total. The zero-order chi connectivity index (χ0) is 15.9. The standard InChI is InChI=1S/C16H20F3N3/c1-10-7-13-14(8-11(10)2)22(15(21-13)16(17,18)19)9-12-3-5-20-6-4-12/h7-8,12,20H,3-6,9H2,1-2H3. The number of rotatable bonds is 2. The number of nitrogens with one attached hydrogen (secondary N) is 1. The van der Waals surface area contributed by atoms with Crippen molar-refractivity contribution in [3.05, 3.63) is 29.1 Å². The summed E-state index contributed by atoms with van der Waals surface area (Å²) in [4.78, 5) is 3.87. The summed E-state index contributed by atoms with van der Waals surface area (Å²) in [7, 11) is 0. The molecule has 3 rings (SSSR count). The SMILES string of the molecule is Cc1cc2nc(C(F)(F)F)n(CC3CCNCC3)c2cc1C. The van der Waals surface area contributed by atoms with Crippen LogP contribution in [-0.2, 0) is 12.7 Å². The molecule has 1 aromatic heterocycles. The minimum absolute atomic E-state index is 0.265. The number of alkyl halides is 3. The Morgan fingerprint density at radius 1 is 1.18 bits per heavy atom. The second-order valence-corrected chi connectivity index (χ2v) is 6.16. The van der Waals surface area contributed by atoms with E-state index >= 15 is 0 Å². The lowest BCUT2D eigenvalue weighted by molar-refractivity contribution is -0.147. The molecule has 0 radical (unpaired) electrons. The molecule has 1 aliphatic rings. The normalized spacial score (nSPS) is 17.3. The predicted octanol–water partition coefficient (Wildman–Crippen LogP) is 3.67. The molecule has 1 aromatic carbocycles. The molecule has 6 heteroatoms. The van der Waals surface area contributed by atoms with E-state index in [0.717, 1.165) is 37.1 Å².